The lowest BCUT2D eigenvalue weighted by atomic mass is 10.2. The van der Waals surface area contributed by atoms with Crippen molar-refractivity contribution in [1.29, 1.82) is 0 Å². The number of nitrogens with zero attached hydrogens (tertiary/aromatic N) is 5. The zero-order valence-electron chi connectivity index (χ0n) is 15.0. The van der Waals surface area contributed by atoms with Crippen molar-refractivity contribution in [2.75, 3.05) is 14.1 Å². The van der Waals surface area contributed by atoms with Crippen molar-refractivity contribution in [2.45, 2.75) is 13.1 Å². The number of hydrogen-bond donors (Lipinski definition) is 1. The van der Waals surface area contributed by atoms with Gasteiger partial charge < -0.3 is 19.3 Å². The van der Waals surface area contributed by atoms with Crippen LogP contribution in [0, 0.1) is 0 Å². The van der Waals surface area contributed by atoms with Gasteiger partial charge in [0.2, 0.25) is 11.7 Å². The van der Waals surface area contributed by atoms with Gasteiger partial charge in [-0.1, -0.05) is 16.8 Å². The molecule has 0 fully saturated rings. The average Bonchev–Trinajstić information content (AvgIpc) is 3.26. The highest BCUT2D eigenvalue weighted by Crippen LogP contribution is 2.18. The van der Waals surface area contributed by atoms with Gasteiger partial charge in [0.25, 0.3) is 0 Å². The topological polar surface area (TPSA) is 71.5 Å². The van der Waals surface area contributed by atoms with Crippen LogP contribution < -0.4 is 5.32 Å². The Hall–Kier alpha value is -2.80. The fourth-order valence-corrected chi connectivity index (χ4v) is 2.69. The summed E-state index contributed by atoms with van der Waals surface area (Å²) in [5.74, 6) is 1.77. The smallest absolute Gasteiger partial charge is 0.246 e. The van der Waals surface area contributed by atoms with E-state index in [1.165, 1.54) is 5.69 Å². The third kappa shape index (κ3) is 4.23. The van der Waals surface area contributed by atoms with Crippen LogP contribution in [0.3, 0.4) is 0 Å². The van der Waals surface area contributed by atoms with E-state index >= 15 is 0 Å². The van der Waals surface area contributed by atoms with Gasteiger partial charge in [-0.05, 0) is 36.4 Å². The van der Waals surface area contributed by atoms with Crippen LogP contribution in [0.5, 0.6) is 0 Å². The summed E-state index contributed by atoms with van der Waals surface area (Å²) < 4.78 is 7.40. The molecule has 3 aromatic rings. The number of aryl methyl sites for hydroxylation is 1. The summed E-state index contributed by atoms with van der Waals surface area (Å²) in [6.45, 7) is 1.13. The summed E-state index contributed by atoms with van der Waals surface area (Å²) >= 11 is 5.90. The molecule has 0 aliphatic heterocycles. The van der Waals surface area contributed by atoms with Gasteiger partial charge in [0, 0.05) is 43.6 Å². The SMILES string of the molecule is CN=C(NCc1nc(-c2ccc(Cl)cc2)no1)N(C)Cc1cccn1C. The molecular weight excluding hydrogens is 352 g/mol. The molecule has 0 bridgehead atoms. The molecule has 0 spiro atoms. The van der Waals surface area contributed by atoms with Crippen molar-refractivity contribution >= 4 is 17.6 Å². The minimum absolute atomic E-state index is 0.394. The van der Waals surface area contributed by atoms with Crippen molar-refractivity contribution in [3.05, 3.63) is 59.2 Å². The number of guanidine groups is 1. The third-order valence-corrected chi connectivity index (χ3v) is 4.24. The van der Waals surface area contributed by atoms with E-state index in [-0.39, 0.29) is 0 Å². The first-order chi connectivity index (χ1) is 12.6. The second-order valence-corrected chi connectivity index (χ2v) is 6.32. The Morgan fingerprint density at radius 2 is 2.08 bits per heavy atom. The van der Waals surface area contributed by atoms with E-state index in [0.29, 0.717) is 23.3 Å². The maximum atomic E-state index is 5.90. The van der Waals surface area contributed by atoms with Gasteiger partial charge in [-0.2, -0.15) is 4.98 Å². The van der Waals surface area contributed by atoms with Crippen LogP contribution in [-0.2, 0) is 20.1 Å². The van der Waals surface area contributed by atoms with E-state index in [1.807, 2.05) is 43.4 Å². The lowest BCUT2D eigenvalue weighted by Crippen LogP contribution is -2.38. The molecule has 3 rings (SSSR count). The molecule has 0 saturated carbocycles. The standard InChI is InChI=1S/C18H21ClN6O/c1-20-18(25(3)12-15-5-4-10-24(15)2)21-11-16-22-17(23-26-16)13-6-8-14(19)9-7-13/h4-10H,11-12H2,1-3H3,(H,20,21). The molecule has 0 aliphatic carbocycles. The van der Waals surface area contributed by atoms with E-state index in [1.54, 1.807) is 19.2 Å². The second kappa shape index (κ2) is 8.05. The van der Waals surface area contributed by atoms with E-state index in [9.17, 15) is 0 Å². The Morgan fingerprint density at radius 3 is 2.73 bits per heavy atom. The Kier molecular flexibility index (Phi) is 5.58. The number of rotatable bonds is 5. The Labute approximate surface area is 157 Å². The van der Waals surface area contributed by atoms with Crippen LogP contribution in [0.2, 0.25) is 5.02 Å². The zero-order valence-corrected chi connectivity index (χ0v) is 15.7. The first-order valence-corrected chi connectivity index (χ1v) is 8.55. The van der Waals surface area contributed by atoms with E-state index in [2.05, 4.69) is 31.1 Å². The molecule has 2 aromatic heterocycles. The lowest BCUT2D eigenvalue weighted by molar-refractivity contribution is 0.371. The highest BCUT2D eigenvalue weighted by molar-refractivity contribution is 6.30. The molecule has 1 aromatic carbocycles. The molecule has 2 heterocycles. The molecule has 0 atom stereocenters. The fourth-order valence-electron chi connectivity index (χ4n) is 2.56. The van der Waals surface area contributed by atoms with Gasteiger partial charge in [-0.3, -0.25) is 4.99 Å². The van der Waals surface area contributed by atoms with Crippen LogP contribution in [0.4, 0.5) is 0 Å². The molecule has 0 aliphatic rings. The van der Waals surface area contributed by atoms with Gasteiger partial charge in [0.05, 0.1) is 13.1 Å². The summed E-state index contributed by atoms with van der Waals surface area (Å²) in [6, 6.07) is 11.4. The summed E-state index contributed by atoms with van der Waals surface area (Å²) in [5.41, 5.74) is 2.05. The van der Waals surface area contributed by atoms with Crippen LogP contribution in [-0.4, -0.2) is 39.7 Å². The summed E-state index contributed by atoms with van der Waals surface area (Å²) in [6.07, 6.45) is 2.02. The monoisotopic (exact) mass is 372 g/mol. The van der Waals surface area contributed by atoms with Crippen molar-refractivity contribution in [3.63, 3.8) is 0 Å². The van der Waals surface area contributed by atoms with Crippen molar-refractivity contribution in [1.82, 2.24) is 24.9 Å². The number of aromatic nitrogens is 3. The molecule has 1 N–H and O–H groups in total. The third-order valence-electron chi connectivity index (χ3n) is 3.99. The molecule has 26 heavy (non-hydrogen) atoms. The predicted octanol–water partition coefficient (Wildman–Crippen LogP) is 2.94. The summed E-state index contributed by atoms with van der Waals surface area (Å²) in [4.78, 5) is 10.7. The maximum absolute atomic E-state index is 5.90. The minimum Gasteiger partial charge on any atom is -0.353 e. The highest BCUT2D eigenvalue weighted by Gasteiger charge is 2.12. The Morgan fingerprint density at radius 1 is 1.31 bits per heavy atom. The minimum atomic E-state index is 0.394. The number of hydrogen-bond acceptors (Lipinski definition) is 4. The number of halogens is 1. The summed E-state index contributed by atoms with van der Waals surface area (Å²) in [5, 5.41) is 7.92. The van der Waals surface area contributed by atoms with Crippen molar-refractivity contribution in [2.24, 2.45) is 12.0 Å². The molecule has 0 saturated heterocycles. The number of aliphatic imine (C=N–C) groups is 1. The van der Waals surface area contributed by atoms with Gasteiger partial charge in [-0.15, -0.1) is 0 Å². The van der Waals surface area contributed by atoms with Gasteiger partial charge in [0.1, 0.15) is 0 Å². The highest BCUT2D eigenvalue weighted by atomic mass is 35.5. The zero-order chi connectivity index (χ0) is 18.5. The molecule has 8 heteroatoms. The van der Waals surface area contributed by atoms with Gasteiger partial charge >= 0.3 is 0 Å². The first-order valence-electron chi connectivity index (χ1n) is 8.17. The average molecular weight is 373 g/mol. The van der Waals surface area contributed by atoms with Crippen LogP contribution in [0.25, 0.3) is 11.4 Å². The first kappa shape index (κ1) is 18.0. The molecule has 0 amide bonds. The second-order valence-electron chi connectivity index (χ2n) is 5.89. The quantitative estimate of drug-likeness (QED) is 0.550. The Balaban J connectivity index is 1.60. The van der Waals surface area contributed by atoms with Crippen LogP contribution in [0.15, 0.2) is 52.1 Å². The van der Waals surface area contributed by atoms with E-state index in [4.69, 9.17) is 16.1 Å². The molecule has 136 valence electrons. The van der Waals surface area contributed by atoms with E-state index in [0.717, 1.165) is 18.1 Å². The summed E-state index contributed by atoms with van der Waals surface area (Å²) in [7, 11) is 5.75. The van der Waals surface area contributed by atoms with Gasteiger partial charge in [0.15, 0.2) is 5.96 Å². The fraction of sp³-hybridized carbons (Fsp3) is 0.278. The maximum Gasteiger partial charge on any atom is 0.246 e. The Bertz CT molecular complexity index is 883. The van der Waals surface area contributed by atoms with Crippen molar-refractivity contribution in [3.8, 4) is 11.4 Å². The van der Waals surface area contributed by atoms with E-state index < -0.39 is 0 Å². The lowest BCUT2D eigenvalue weighted by Gasteiger charge is -2.21. The van der Waals surface area contributed by atoms with Crippen LogP contribution in [0.1, 0.15) is 11.6 Å². The molecule has 7 nitrogen and oxygen atoms in total. The largest absolute Gasteiger partial charge is 0.353 e. The normalized spacial score (nSPS) is 11.6. The van der Waals surface area contributed by atoms with Gasteiger partial charge in [-0.25, -0.2) is 0 Å². The molecule has 0 radical (unpaired) electrons. The van der Waals surface area contributed by atoms with Crippen molar-refractivity contribution < 1.29 is 4.52 Å². The predicted molar refractivity (Wildman–Crippen MR) is 102 cm³/mol. The van der Waals surface area contributed by atoms with Crippen LogP contribution >= 0.6 is 11.6 Å². The number of benzene rings is 1. The number of nitrogens with one attached hydrogen (secondary N) is 1. The molecule has 0 unspecified atom stereocenters. The molecular formula is C18H21ClN6O.